The lowest BCUT2D eigenvalue weighted by Crippen LogP contribution is -2.18. The number of fused-ring (bicyclic) bond motifs is 1. The Morgan fingerprint density at radius 1 is 1.17 bits per heavy atom. The van der Waals surface area contributed by atoms with E-state index in [2.05, 4.69) is 20.3 Å². The molecule has 8 heteroatoms. The molecule has 2 aromatic carbocycles. The quantitative estimate of drug-likeness (QED) is 0.765. The van der Waals surface area contributed by atoms with Crippen molar-refractivity contribution in [3.63, 3.8) is 0 Å². The van der Waals surface area contributed by atoms with Crippen molar-refractivity contribution in [3.8, 4) is 5.75 Å². The van der Waals surface area contributed by atoms with Gasteiger partial charge in [0, 0.05) is 17.1 Å². The van der Waals surface area contributed by atoms with Crippen molar-refractivity contribution in [3.05, 3.63) is 54.2 Å². The molecule has 0 spiro atoms. The molecule has 0 radical (unpaired) electrons. The summed E-state index contributed by atoms with van der Waals surface area (Å²) in [7, 11) is 0. The van der Waals surface area contributed by atoms with Gasteiger partial charge >= 0.3 is 6.36 Å². The summed E-state index contributed by atoms with van der Waals surface area (Å²) in [6.45, 7) is 0. The summed E-state index contributed by atoms with van der Waals surface area (Å²) in [5.41, 5.74) is 1.58. The van der Waals surface area contributed by atoms with Crippen LogP contribution in [0.1, 0.15) is 5.69 Å². The summed E-state index contributed by atoms with van der Waals surface area (Å²) < 4.78 is 40.5. The Morgan fingerprint density at radius 2 is 1.96 bits per heavy atom. The average molecular weight is 335 g/mol. The molecule has 3 aromatic rings. The lowest BCUT2D eigenvalue weighted by Gasteiger charge is -2.10. The normalized spacial score (nSPS) is 11.5. The number of amides is 1. The van der Waals surface area contributed by atoms with E-state index in [1.165, 1.54) is 12.1 Å². The summed E-state index contributed by atoms with van der Waals surface area (Å²) in [6, 6.07) is 12.4. The van der Waals surface area contributed by atoms with Gasteiger partial charge in [0.1, 0.15) is 5.75 Å². The van der Waals surface area contributed by atoms with Crippen LogP contribution < -0.4 is 10.1 Å². The van der Waals surface area contributed by atoms with Gasteiger partial charge in [0.2, 0.25) is 5.91 Å². The van der Waals surface area contributed by atoms with E-state index in [0.717, 1.165) is 23.0 Å². The number of ether oxygens (including phenoxy) is 1. The number of nitrogens with one attached hydrogen (secondary N) is 2. The summed E-state index contributed by atoms with van der Waals surface area (Å²) in [5, 5.41) is 10.2. The molecule has 0 aliphatic carbocycles. The van der Waals surface area contributed by atoms with E-state index in [4.69, 9.17) is 0 Å². The number of anilines is 1. The highest BCUT2D eigenvalue weighted by Crippen LogP contribution is 2.25. The van der Waals surface area contributed by atoms with Gasteiger partial charge in [-0.15, -0.1) is 13.2 Å². The highest BCUT2D eigenvalue weighted by molar-refractivity contribution is 5.95. The number of halogens is 3. The number of alkyl halides is 3. The predicted octanol–water partition coefficient (Wildman–Crippen LogP) is 3.64. The lowest BCUT2D eigenvalue weighted by atomic mass is 10.1. The zero-order valence-corrected chi connectivity index (χ0v) is 12.2. The zero-order chi connectivity index (χ0) is 17.2. The maximum atomic E-state index is 12.2. The summed E-state index contributed by atoms with van der Waals surface area (Å²) in [4.78, 5) is 12.1. The minimum Gasteiger partial charge on any atom is -0.406 e. The first-order valence-electron chi connectivity index (χ1n) is 6.98. The van der Waals surface area contributed by atoms with Gasteiger partial charge in [-0.3, -0.25) is 9.89 Å². The van der Waals surface area contributed by atoms with E-state index in [1.807, 2.05) is 24.3 Å². The molecule has 24 heavy (non-hydrogen) atoms. The number of aromatic nitrogens is 2. The van der Waals surface area contributed by atoms with Crippen LogP contribution in [-0.4, -0.2) is 22.5 Å². The Morgan fingerprint density at radius 3 is 2.75 bits per heavy atom. The van der Waals surface area contributed by atoms with E-state index < -0.39 is 12.1 Å². The van der Waals surface area contributed by atoms with Gasteiger partial charge in [0.25, 0.3) is 0 Å². The Hall–Kier alpha value is -3.03. The molecule has 0 saturated carbocycles. The van der Waals surface area contributed by atoms with Gasteiger partial charge in [-0.05, 0) is 18.2 Å². The van der Waals surface area contributed by atoms with E-state index in [1.54, 1.807) is 0 Å². The van der Waals surface area contributed by atoms with E-state index in [0.29, 0.717) is 5.69 Å². The van der Waals surface area contributed by atoms with E-state index in [-0.39, 0.29) is 18.0 Å². The molecule has 5 nitrogen and oxygen atoms in total. The Bertz CT molecular complexity index is 874. The van der Waals surface area contributed by atoms with Crippen molar-refractivity contribution in [2.75, 3.05) is 5.32 Å². The Kier molecular flexibility index (Phi) is 4.11. The number of nitrogens with zero attached hydrogens (tertiary/aromatic N) is 1. The molecule has 2 N–H and O–H groups in total. The number of benzene rings is 2. The third-order valence-corrected chi connectivity index (χ3v) is 3.23. The molecular weight excluding hydrogens is 323 g/mol. The third-order valence-electron chi connectivity index (χ3n) is 3.23. The van der Waals surface area contributed by atoms with Crippen molar-refractivity contribution in [2.45, 2.75) is 12.8 Å². The molecule has 0 atom stereocenters. The third kappa shape index (κ3) is 3.83. The number of para-hydroxylation sites is 1. The number of carbonyl (C=O) groups excluding carboxylic acids is 1. The molecular formula is C16H12F3N3O2. The molecule has 3 rings (SSSR count). The maximum absolute atomic E-state index is 12.2. The van der Waals surface area contributed by atoms with Crippen molar-refractivity contribution >= 4 is 22.5 Å². The lowest BCUT2D eigenvalue weighted by molar-refractivity contribution is -0.274. The molecule has 0 aliphatic rings. The van der Waals surface area contributed by atoms with Gasteiger partial charge in [-0.25, -0.2) is 0 Å². The number of H-pyrrole nitrogens is 1. The second kappa shape index (κ2) is 6.23. The molecule has 0 aliphatic heterocycles. The summed E-state index contributed by atoms with van der Waals surface area (Å²) >= 11 is 0. The molecule has 124 valence electrons. The first kappa shape index (κ1) is 15.9. The maximum Gasteiger partial charge on any atom is 0.573 e. The smallest absolute Gasteiger partial charge is 0.406 e. The fourth-order valence-corrected chi connectivity index (χ4v) is 2.29. The first-order valence-corrected chi connectivity index (χ1v) is 6.98. The monoisotopic (exact) mass is 335 g/mol. The minimum atomic E-state index is -4.78. The van der Waals surface area contributed by atoms with Gasteiger partial charge in [0.15, 0.2) is 0 Å². The van der Waals surface area contributed by atoms with Crippen LogP contribution in [0.3, 0.4) is 0 Å². The zero-order valence-electron chi connectivity index (χ0n) is 12.2. The molecule has 0 fully saturated rings. The van der Waals surface area contributed by atoms with Crippen LogP contribution in [0.25, 0.3) is 10.9 Å². The highest BCUT2D eigenvalue weighted by atomic mass is 19.4. The minimum absolute atomic E-state index is 0.0187. The van der Waals surface area contributed by atoms with Crippen molar-refractivity contribution in [1.29, 1.82) is 0 Å². The summed E-state index contributed by atoms with van der Waals surface area (Å²) in [5.74, 6) is -0.777. The second-order valence-corrected chi connectivity index (χ2v) is 5.02. The Labute approximate surface area is 134 Å². The molecule has 1 aromatic heterocycles. The van der Waals surface area contributed by atoms with Crippen molar-refractivity contribution in [1.82, 2.24) is 10.2 Å². The van der Waals surface area contributed by atoms with Crippen LogP contribution >= 0.6 is 0 Å². The van der Waals surface area contributed by atoms with Crippen LogP contribution in [0, 0.1) is 0 Å². The molecule has 0 bridgehead atoms. The average Bonchev–Trinajstić information content (AvgIpc) is 2.89. The van der Waals surface area contributed by atoms with Gasteiger partial charge in [0.05, 0.1) is 17.6 Å². The molecule has 1 heterocycles. The molecule has 0 unspecified atom stereocenters. The van der Waals surface area contributed by atoms with Crippen LogP contribution in [0.4, 0.5) is 18.9 Å². The second-order valence-electron chi connectivity index (χ2n) is 5.02. The number of carbonyl (C=O) groups is 1. The number of aromatic amines is 1. The highest BCUT2D eigenvalue weighted by Gasteiger charge is 2.31. The largest absolute Gasteiger partial charge is 0.573 e. The van der Waals surface area contributed by atoms with Crippen LogP contribution in [0.15, 0.2) is 48.5 Å². The van der Waals surface area contributed by atoms with Gasteiger partial charge in [-0.2, -0.15) is 5.10 Å². The standard InChI is InChI=1S/C16H12F3N3O2/c17-16(18,19)24-11-5-3-4-10(8-11)20-15(23)9-14-12-6-1-2-7-13(12)21-22-14/h1-8H,9H2,(H,20,23)(H,21,22). The van der Waals surface area contributed by atoms with Gasteiger partial charge in [-0.1, -0.05) is 24.3 Å². The molecule has 1 amide bonds. The topological polar surface area (TPSA) is 67.0 Å². The van der Waals surface area contributed by atoms with Crippen LogP contribution in [-0.2, 0) is 11.2 Å². The molecule has 0 saturated heterocycles. The number of hydrogen-bond acceptors (Lipinski definition) is 3. The predicted molar refractivity (Wildman–Crippen MR) is 81.6 cm³/mol. The SMILES string of the molecule is O=C(Cc1[nH]nc2ccccc12)Nc1cccc(OC(F)(F)F)c1. The van der Waals surface area contributed by atoms with Crippen molar-refractivity contribution in [2.24, 2.45) is 0 Å². The van der Waals surface area contributed by atoms with Crippen molar-refractivity contribution < 1.29 is 22.7 Å². The van der Waals surface area contributed by atoms with E-state index >= 15 is 0 Å². The number of hydrogen-bond donors (Lipinski definition) is 2. The first-order chi connectivity index (χ1) is 11.4. The van der Waals surface area contributed by atoms with Crippen LogP contribution in [0.5, 0.6) is 5.75 Å². The fraction of sp³-hybridized carbons (Fsp3) is 0.125. The summed E-state index contributed by atoms with van der Waals surface area (Å²) in [6.07, 6.45) is -4.76. The van der Waals surface area contributed by atoms with Crippen LogP contribution in [0.2, 0.25) is 0 Å². The fourth-order valence-electron chi connectivity index (χ4n) is 2.29. The Balaban J connectivity index is 1.70. The van der Waals surface area contributed by atoms with Gasteiger partial charge < -0.3 is 10.1 Å². The van der Waals surface area contributed by atoms with E-state index in [9.17, 15) is 18.0 Å². The number of rotatable bonds is 4.